The van der Waals surface area contributed by atoms with Gasteiger partial charge in [-0.05, 0) is 24.1 Å². The Morgan fingerprint density at radius 2 is 1.91 bits per heavy atom. The fourth-order valence-electron chi connectivity index (χ4n) is 4.07. The lowest BCUT2D eigenvalue weighted by Crippen LogP contribution is -2.40. The number of rotatable bonds is 6. The van der Waals surface area contributed by atoms with Gasteiger partial charge in [-0.2, -0.15) is 5.10 Å². The summed E-state index contributed by atoms with van der Waals surface area (Å²) in [5.41, 5.74) is 3.21. The molecule has 0 aliphatic carbocycles. The van der Waals surface area contributed by atoms with Crippen molar-refractivity contribution in [2.45, 2.75) is 19.5 Å². The number of benzene rings is 2. The molecule has 2 aromatic carbocycles. The standard InChI is InChI=1S/C24H22FN5O2/c25-19-7-3-1-5-17(19)15-29-11-12-30-22(24(29)32)13-21(28-30)23(31)26-10-9-16-14-27-20-8-4-2-6-18(16)20/h1-8,13-14,27H,9-12,15H2,(H,26,31). The lowest BCUT2D eigenvalue weighted by Gasteiger charge is -2.27. The first-order valence-electron chi connectivity index (χ1n) is 10.5. The third kappa shape index (κ3) is 3.75. The summed E-state index contributed by atoms with van der Waals surface area (Å²) in [7, 11) is 0. The Kier molecular flexibility index (Phi) is 5.18. The number of carbonyl (C=O) groups is 2. The highest BCUT2D eigenvalue weighted by Gasteiger charge is 2.28. The van der Waals surface area contributed by atoms with Gasteiger partial charge in [-0.15, -0.1) is 0 Å². The maximum Gasteiger partial charge on any atom is 0.272 e. The summed E-state index contributed by atoms with van der Waals surface area (Å²) in [6.07, 6.45) is 2.63. The van der Waals surface area contributed by atoms with Gasteiger partial charge in [0, 0.05) is 48.4 Å². The highest BCUT2D eigenvalue weighted by molar-refractivity contribution is 5.98. The van der Waals surface area contributed by atoms with E-state index in [1.165, 1.54) is 12.1 Å². The van der Waals surface area contributed by atoms with Crippen molar-refractivity contribution >= 4 is 22.7 Å². The van der Waals surface area contributed by atoms with Gasteiger partial charge < -0.3 is 15.2 Å². The zero-order chi connectivity index (χ0) is 22.1. The minimum absolute atomic E-state index is 0.183. The summed E-state index contributed by atoms with van der Waals surface area (Å²) in [6, 6.07) is 15.9. The molecule has 0 spiro atoms. The van der Waals surface area contributed by atoms with Crippen LogP contribution in [-0.2, 0) is 19.5 Å². The monoisotopic (exact) mass is 431 g/mol. The van der Waals surface area contributed by atoms with Crippen LogP contribution < -0.4 is 5.32 Å². The number of nitrogens with zero attached hydrogens (tertiary/aromatic N) is 3. The fourth-order valence-corrected chi connectivity index (χ4v) is 4.07. The highest BCUT2D eigenvalue weighted by Crippen LogP contribution is 2.19. The van der Waals surface area contributed by atoms with Crippen molar-refractivity contribution in [2.24, 2.45) is 0 Å². The number of fused-ring (bicyclic) bond motifs is 2. The van der Waals surface area contributed by atoms with Crippen LogP contribution >= 0.6 is 0 Å². The van der Waals surface area contributed by atoms with Gasteiger partial charge in [0.25, 0.3) is 11.8 Å². The van der Waals surface area contributed by atoms with Crippen molar-refractivity contribution in [3.8, 4) is 0 Å². The number of para-hydroxylation sites is 1. The van der Waals surface area contributed by atoms with Crippen molar-refractivity contribution in [2.75, 3.05) is 13.1 Å². The molecule has 1 aliphatic heterocycles. The van der Waals surface area contributed by atoms with E-state index in [0.717, 1.165) is 16.5 Å². The molecule has 32 heavy (non-hydrogen) atoms. The van der Waals surface area contributed by atoms with Crippen molar-refractivity contribution in [1.82, 2.24) is 25.0 Å². The van der Waals surface area contributed by atoms with Crippen LogP contribution in [0.5, 0.6) is 0 Å². The van der Waals surface area contributed by atoms with Crippen molar-refractivity contribution in [3.05, 3.63) is 89.1 Å². The van der Waals surface area contributed by atoms with Gasteiger partial charge in [-0.25, -0.2) is 4.39 Å². The van der Waals surface area contributed by atoms with Crippen LogP contribution in [0.4, 0.5) is 4.39 Å². The maximum absolute atomic E-state index is 14.0. The second kappa shape index (κ2) is 8.30. The largest absolute Gasteiger partial charge is 0.361 e. The molecule has 7 nitrogen and oxygen atoms in total. The minimum Gasteiger partial charge on any atom is -0.361 e. The summed E-state index contributed by atoms with van der Waals surface area (Å²) < 4.78 is 15.5. The van der Waals surface area contributed by atoms with Gasteiger partial charge in [0.2, 0.25) is 0 Å². The molecule has 0 bridgehead atoms. The van der Waals surface area contributed by atoms with E-state index >= 15 is 0 Å². The number of hydrogen-bond donors (Lipinski definition) is 2. The lowest BCUT2D eigenvalue weighted by atomic mass is 10.1. The Bertz CT molecular complexity index is 1310. The molecule has 0 saturated heterocycles. The van der Waals surface area contributed by atoms with Gasteiger partial charge in [0.15, 0.2) is 5.69 Å². The molecule has 0 radical (unpaired) electrons. The Labute approximate surface area is 183 Å². The van der Waals surface area contributed by atoms with Crippen molar-refractivity contribution in [1.29, 1.82) is 0 Å². The number of aromatic amines is 1. The first-order chi connectivity index (χ1) is 15.6. The molecule has 2 amide bonds. The average molecular weight is 431 g/mol. The molecule has 2 N–H and O–H groups in total. The molecular weight excluding hydrogens is 409 g/mol. The summed E-state index contributed by atoms with van der Waals surface area (Å²) in [4.78, 5) is 30.3. The van der Waals surface area contributed by atoms with Gasteiger partial charge >= 0.3 is 0 Å². The number of amides is 2. The predicted octanol–water partition coefficient (Wildman–Crippen LogP) is 3.13. The van der Waals surface area contributed by atoms with Crippen LogP contribution in [0.1, 0.15) is 32.1 Å². The number of nitrogens with one attached hydrogen (secondary N) is 2. The molecule has 3 heterocycles. The Hall–Kier alpha value is -3.94. The van der Waals surface area contributed by atoms with Crippen LogP contribution in [0.25, 0.3) is 10.9 Å². The molecule has 2 aromatic heterocycles. The van der Waals surface area contributed by atoms with E-state index in [4.69, 9.17) is 0 Å². The minimum atomic E-state index is -0.338. The van der Waals surface area contributed by atoms with E-state index < -0.39 is 0 Å². The molecule has 4 aromatic rings. The molecule has 0 saturated carbocycles. The molecule has 8 heteroatoms. The predicted molar refractivity (Wildman–Crippen MR) is 118 cm³/mol. The van der Waals surface area contributed by atoms with E-state index in [1.54, 1.807) is 27.8 Å². The smallest absolute Gasteiger partial charge is 0.272 e. The first kappa shape index (κ1) is 20.0. The summed E-state index contributed by atoms with van der Waals surface area (Å²) in [5.74, 6) is -0.917. The third-order valence-corrected chi connectivity index (χ3v) is 5.77. The molecule has 5 rings (SSSR count). The maximum atomic E-state index is 14.0. The van der Waals surface area contributed by atoms with Crippen LogP contribution in [0.3, 0.4) is 0 Å². The normalized spacial score (nSPS) is 13.4. The number of H-pyrrole nitrogens is 1. The van der Waals surface area contributed by atoms with E-state index in [2.05, 4.69) is 15.4 Å². The lowest BCUT2D eigenvalue weighted by molar-refractivity contribution is 0.0681. The van der Waals surface area contributed by atoms with E-state index in [0.29, 0.717) is 37.3 Å². The van der Waals surface area contributed by atoms with Crippen LogP contribution in [0, 0.1) is 5.82 Å². The Morgan fingerprint density at radius 1 is 1.09 bits per heavy atom. The van der Waals surface area contributed by atoms with Crippen LogP contribution in [0.2, 0.25) is 0 Å². The third-order valence-electron chi connectivity index (χ3n) is 5.77. The summed E-state index contributed by atoms with van der Waals surface area (Å²) in [5, 5.41) is 8.32. The SMILES string of the molecule is O=C(NCCc1c[nH]c2ccccc12)c1cc2n(n1)CCN(Cc1ccccc1F)C2=O. The fraction of sp³-hybridized carbons (Fsp3) is 0.208. The first-order valence-corrected chi connectivity index (χ1v) is 10.5. The zero-order valence-corrected chi connectivity index (χ0v) is 17.3. The molecule has 0 unspecified atom stereocenters. The molecule has 0 atom stereocenters. The van der Waals surface area contributed by atoms with Gasteiger partial charge in [0.05, 0.1) is 6.54 Å². The summed E-state index contributed by atoms with van der Waals surface area (Å²) >= 11 is 0. The quantitative estimate of drug-likeness (QED) is 0.492. The van der Waals surface area contributed by atoms with Crippen LogP contribution in [0.15, 0.2) is 60.8 Å². The summed E-state index contributed by atoms with van der Waals surface area (Å²) in [6.45, 7) is 1.50. The highest BCUT2D eigenvalue weighted by atomic mass is 19.1. The second-order valence-electron chi connectivity index (χ2n) is 7.82. The van der Waals surface area contributed by atoms with Gasteiger partial charge in [-0.1, -0.05) is 36.4 Å². The van der Waals surface area contributed by atoms with Crippen LogP contribution in [-0.4, -0.2) is 44.6 Å². The second-order valence-corrected chi connectivity index (χ2v) is 7.82. The number of aromatic nitrogens is 3. The molecule has 0 fully saturated rings. The number of halogens is 1. The van der Waals surface area contributed by atoms with Crippen molar-refractivity contribution < 1.29 is 14.0 Å². The topological polar surface area (TPSA) is 83.0 Å². The average Bonchev–Trinajstić information content (AvgIpc) is 3.42. The van der Waals surface area contributed by atoms with Gasteiger partial charge in [0.1, 0.15) is 11.5 Å². The van der Waals surface area contributed by atoms with E-state index in [1.807, 2.05) is 30.5 Å². The van der Waals surface area contributed by atoms with E-state index in [-0.39, 0.29) is 29.9 Å². The number of carbonyl (C=O) groups excluding carboxylic acids is 2. The number of hydrogen-bond acceptors (Lipinski definition) is 3. The van der Waals surface area contributed by atoms with E-state index in [9.17, 15) is 14.0 Å². The molecular formula is C24H22FN5O2. The van der Waals surface area contributed by atoms with Crippen molar-refractivity contribution in [3.63, 3.8) is 0 Å². The zero-order valence-electron chi connectivity index (χ0n) is 17.3. The van der Waals surface area contributed by atoms with Gasteiger partial charge in [-0.3, -0.25) is 14.3 Å². The Morgan fingerprint density at radius 3 is 2.78 bits per heavy atom. The molecule has 1 aliphatic rings. The Balaban J connectivity index is 1.23. The molecule has 162 valence electrons.